The normalized spacial score (nSPS) is 28.6. The molecule has 3 aliphatic rings. The van der Waals surface area contributed by atoms with Gasteiger partial charge in [0, 0.05) is 24.0 Å². The number of hydrogen-bond donors (Lipinski definition) is 1. The van der Waals surface area contributed by atoms with Crippen LogP contribution < -0.4 is 4.74 Å². The summed E-state index contributed by atoms with van der Waals surface area (Å²) in [7, 11) is 4.46. The molecular formula is C23H26NO4+. The van der Waals surface area contributed by atoms with Crippen LogP contribution in [-0.4, -0.2) is 47.8 Å². The van der Waals surface area contributed by atoms with Crippen LogP contribution in [0.4, 0.5) is 0 Å². The Morgan fingerprint density at radius 1 is 1.07 bits per heavy atom. The van der Waals surface area contributed by atoms with E-state index in [2.05, 4.69) is 14.1 Å². The molecule has 0 radical (unpaired) electrons. The van der Waals surface area contributed by atoms with Gasteiger partial charge in [-0.3, -0.25) is 0 Å². The van der Waals surface area contributed by atoms with Gasteiger partial charge < -0.3 is 19.1 Å². The number of fused-ring (bicyclic) bond motifs is 4. The molecule has 2 unspecified atom stereocenters. The van der Waals surface area contributed by atoms with E-state index in [4.69, 9.17) is 9.47 Å². The van der Waals surface area contributed by atoms with E-state index in [1.807, 2.05) is 12.1 Å². The van der Waals surface area contributed by atoms with Crippen molar-refractivity contribution in [3.8, 4) is 11.5 Å². The molecule has 3 atom stereocenters. The molecule has 0 amide bonds. The molecule has 146 valence electrons. The zero-order valence-corrected chi connectivity index (χ0v) is 16.3. The number of para-hydroxylation sites is 2. The first-order valence-corrected chi connectivity index (χ1v) is 10.1. The summed E-state index contributed by atoms with van der Waals surface area (Å²) in [6.45, 7) is 0. The Hall–Kier alpha value is -2.37. The van der Waals surface area contributed by atoms with E-state index in [0.717, 1.165) is 17.3 Å². The smallest absolute Gasteiger partial charge is 0.348 e. The molecule has 0 saturated carbocycles. The molecule has 1 N–H and O–H groups in total. The van der Waals surface area contributed by atoms with Crippen LogP contribution >= 0.6 is 0 Å². The van der Waals surface area contributed by atoms with Gasteiger partial charge >= 0.3 is 5.97 Å². The Kier molecular flexibility index (Phi) is 3.83. The Morgan fingerprint density at radius 2 is 1.68 bits per heavy atom. The van der Waals surface area contributed by atoms with Crippen molar-refractivity contribution in [2.24, 2.45) is 0 Å². The van der Waals surface area contributed by atoms with Crippen molar-refractivity contribution in [2.45, 2.75) is 49.5 Å². The number of nitrogens with zero attached hydrogens (tertiary/aromatic N) is 1. The zero-order valence-electron chi connectivity index (χ0n) is 16.3. The van der Waals surface area contributed by atoms with E-state index >= 15 is 0 Å². The SMILES string of the molecule is C[N+]1(C)C2CCCC1[C@@H](OC(=O)C1(O)c3ccccc3Oc3ccccc31)C2. The Bertz CT molecular complexity index is 892. The Balaban J connectivity index is 1.53. The van der Waals surface area contributed by atoms with Crippen LogP contribution in [0, 0.1) is 0 Å². The molecule has 0 aliphatic carbocycles. The lowest BCUT2D eigenvalue weighted by Crippen LogP contribution is -2.55. The lowest BCUT2D eigenvalue weighted by Gasteiger charge is -2.41. The number of benzene rings is 2. The Labute approximate surface area is 165 Å². The monoisotopic (exact) mass is 380 g/mol. The van der Waals surface area contributed by atoms with Crippen molar-refractivity contribution < 1.29 is 23.9 Å². The predicted octanol–water partition coefficient (Wildman–Crippen LogP) is 3.34. The lowest BCUT2D eigenvalue weighted by molar-refractivity contribution is -0.931. The molecule has 28 heavy (non-hydrogen) atoms. The van der Waals surface area contributed by atoms with Crippen LogP contribution in [0.25, 0.3) is 0 Å². The van der Waals surface area contributed by atoms with Crippen LogP contribution in [0.15, 0.2) is 48.5 Å². The first-order valence-electron chi connectivity index (χ1n) is 10.1. The molecule has 2 bridgehead atoms. The van der Waals surface area contributed by atoms with Crippen LogP contribution in [0.1, 0.15) is 36.8 Å². The number of carbonyl (C=O) groups excluding carboxylic acids is 1. The number of hydrogen-bond acceptors (Lipinski definition) is 4. The van der Waals surface area contributed by atoms with Crippen molar-refractivity contribution >= 4 is 5.97 Å². The van der Waals surface area contributed by atoms with E-state index in [9.17, 15) is 9.90 Å². The van der Waals surface area contributed by atoms with Gasteiger partial charge in [0.1, 0.15) is 17.5 Å². The van der Waals surface area contributed by atoms with Gasteiger partial charge in [0.25, 0.3) is 0 Å². The summed E-state index contributed by atoms with van der Waals surface area (Å²) < 4.78 is 12.9. The first kappa shape index (κ1) is 17.7. The van der Waals surface area contributed by atoms with Crippen molar-refractivity contribution in [3.05, 3.63) is 59.7 Å². The molecule has 2 aromatic rings. The van der Waals surface area contributed by atoms with Crippen LogP contribution in [0.5, 0.6) is 11.5 Å². The molecular weight excluding hydrogens is 354 g/mol. The summed E-state index contributed by atoms with van der Waals surface area (Å²) in [6, 6.07) is 15.1. The lowest BCUT2D eigenvalue weighted by atomic mass is 9.83. The summed E-state index contributed by atoms with van der Waals surface area (Å²) in [5.41, 5.74) is -0.985. The fourth-order valence-electron chi connectivity index (χ4n) is 5.47. The molecule has 3 heterocycles. The van der Waals surface area contributed by atoms with Gasteiger partial charge in [-0.05, 0) is 25.0 Å². The molecule has 5 heteroatoms. The highest BCUT2D eigenvalue weighted by Crippen LogP contribution is 2.48. The molecule has 5 nitrogen and oxygen atoms in total. The minimum Gasteiger partial charge on any atom is -0.457 e. The highest BCUT2D eigenvalue weighted by molar-refractivity contribution is 5.88. The number of aliphatic hydroxyl groups is 1. The average Bonchev–Trinajstić information content (AvgIpc) is 2.83. The van der Waals surface area contributed by atoms with Gasteiger partial charge in [-0.15, -0.1) is 0 Å². The van der Waals surface area contributed by atoms with Gasteiger partial charge in [-0.2, -0.15) is 0 Å². The van der Waals surface area contributed by atoms with Crippen LogP contribution in [0.3, 0.4) is 0 Å². The molecule has 2 aromatic carbocycles. The van der Waals surface area contributed by atoms with Crippen LogP contribution in [-0.2, 0) is 15.1 Å². The van der Waals surface area contributed by atoms with Gasteiger partial charge in [0.15, 0.2) is 6.10 Å². The van der Waals surface area contributed by atoms with E-state index in [0.29, 0.717) is 28.7 Å². The minimum absolute atomic E-state index is 0.166. The van der Waals surface area contributed by atoms with Gasteiger partial charge in [-0.1, -0.05) is 36.4 Å². The largest absolute Gasteiger partial charge is 0.457 e. The highest BCUT2D eigenvalue weighted by Gasteiger charge is 2.56. The summed E-state index contributed by atoms with van der Waals surface area (Å²) in [6.07, 6.45) is 4.09. The van der Waals surface area contributed by atoms with Gasteiger partial charge in [0.05, 0.1) is 20.1 Å². The fourth-order valence-corrected chi connectivity index (χ4v) is 5.47. The van der Waals surface area contributed by atoms with E-state index in [1.54, 1.807) is 36.4 Å². The number of carbonyl (C=O) groups is 1. The molecule has 3 aliphatic heterocycles. The molecule has 2 saturated heterocycles. The van der Waals surface area contributed by atoms with E-state index < -0.39 is 11.6 Å². The Morgan fingerprint density at radius 3 is 2.29 bits per heavy atom. The fraction of sp³-hybridized carbons (Fsp3) is 0.435. The number of rotatable bonds is 2. The third-order valence-corrected chi connectivity index (χ3v) is 7.09. The molecule has 0 aromatic heterocycles. The summed E-state index contributed by atoms with van der Waals surface area (Å²) in [5, 5.41) is 11.7. The molecule has 0 spiro atoms. The average molecular weight is 380 g/mol. The maximum atomic E-state index is 13.5. The second-order valence-corrected chi connectivity index (χ2v) is 8.77. The second kappa shape index (κ2) is 6.06. The maximum Gasteiger partial charge on any atom is 0.348 e. The van der Waals surface area contributed by atoms with E-state index in [1.165, 1.54) is 12.8 Å². The van der Waals surface area contributed by atoms with Crippen molar-refractivity contribution in [2.75, 3.05) is 14.1 Å². The summed E-state index contributed by atoms with van der Waals surface area (Å²) in [4.78, 5) is 13.5. The molecule has 2 fully saturated rings. The van der Waals surface area contributed by atoms with Crippen molar-refractivity contribution in [3.63, 3.8) is 0 Å². The number of esters is 1. The highest BCUT2D eigenvalue weighted by atomic mass is 16.6. The standard InChI is InChI=1S/C23H26NO4/c1-24(2)15-8-7-11-18(24)21(14-15)28-22(25)23(26)16-9-3-5-12-19(16)27-20-13-6-4-10-17(20)23/h3-6,9-10,12-13,15,18,21,26H,7-8,11,14H2,1-2H3/q+1/t15?,18?,21-/m0/s1. The zero-order chi connectivity index (χ0) is 19.5. The van der Waals surface area contributed by atoms with Gasteiger partial charge in [-0.25, -0.2) is 4.79 Å². The molecule has 5 rings (SSSR count). The van der Waals surface area contributed by atoms with E-state index in [-0.39, 0.29) is 12.1 Å². The summed E-state index contributed by atoms with van der Waals surface area (Å²) >= 11 is 0. The number of ether oxygens (including phenoxy) is 2. The van der Waals surface area contributed by atoms with Gasteiger partial charge in [0.2, 0.25) is 5.60 Å². The number of likely N-dealkylation sites (N-methyl/N-ethyl adjacent to an activating group) is 1. The third kappa shape index (κ3) is 2.36. The predicted molar refractivity (Wildman–Crippen MR) is 104 cm³/mol. The quantitative estimate of drug-likeness (QED) is 0.641. The van der Waals surface area contributed by atoms with Crippen molar-refractivity contribution in [1.29, 1.82) is 0 Å². The number of piperidine rings is 1. The van der Waals surface area contributed by atoms with Crippen molar-refractivity contribution in [1.82, 2.24) is 0 Å². The third-order valence-electron chi connectivity index (χ3n) is 7.09. The summed E-state index contributed by atoms with van der Waals surface area (Å²) in [5.74, 6) is 0.372. The first-order chi connectivity index (χ1) is 13.4. The van der Waals surface area contributed by atoms with Crippen LogP contribution in [0.2, 0.25) is 0 Å². The minimum atomic E-state index is -1.86. The number of quaternary nitrogens is 1. The topological polar surface area (TPSA) is 55.8 Å². The second-order valence-electron chi connectivity index (χ2n) is 8.77. The maximum absolute atomic E-state index is 13.5.